The number of carboxylic acids is 1. The third-order valence-corrected chi connectivity index (χ3v) is 2.56. The van der Waals surface area contributed by atoms with Crippen molar-refractivity contribution in [3.63, 3.8) is 0 Å². The Labute approximate surface area is 98.2 Å². The Morgan fingerprint density at radius 2 is 2.19 bits per heavy atom. The second-order valence-corrected chi connectivity index (χ2v) is 3.73. The number of phenols is 1. The molecule has 7 heteroatoms. The largest absolute Gasteiger partial charge is 0.502 e. The van der Waals surface area contributed by atoms with Gasteiger partial charge in [-0.3, -0.25) is 0 Å². The van der Waals surface area contributed by atoms with Gasteiger partial charge in [-0.2, -0.15) is 0 Å². The van der Waals surface area contributed by atoms with Crippen LogP contribution in [-0.4, -0.2) is 28.4 Å². The SMILES string of the molecule is COc1c(O)c(F)cc(Br)c1C(O)C(=O)O. The van der Waals surface area contributed by atoms with Crippen molar-refractivity contribution in [1.82, 2.24) is 0 Å². The van der Waals surface area contributed by atoms with Gasteiger partial charge in [-0.15, -0.1) is 0 Å². The van der Waals surface area contributed by atoms with Crippen LogP contribution < -0.4 is 4.74 Å². The van der Waals surface area contributed by atoms with Gasteiger partial charge in [0, 0.05) is 4.47 Å². The average Bonchev–Trinajstić information content (AvgIpc) is 2.21. The first-order valence-electron chi connectivity index (χ1n) is 4.05. The summed E-state index contributed by atoms with van der Waals surface area (Å²) in [5.41, 5.74) is -0.242. The number of carbonyl (C=O) groups is 1. The van der Waals surface area contributed by atoms with Crippen LogP contribution in [0.3, 0.4) is 0 Å². The summed E-state index contributed by atoms with van der Waals surface area (Å²) in [6, 6.07) is 0.847. The highest BCUT2D eigenvalue weighted by Gasteiger charge is 2.27. The fourth-order valence-corrected chi connectivity index (χ4v) is 1.78. The Hall–Kier alpha value is -1.34. The number of hydrogen-bond acceptors (Lipinski definition) is 4. The van der Waals surface area contributed by atoms with Gasteiger partial charge in [0.05, 0.1) is 12.7 Å². The van der Waals surface area contributed by atoms with Crippen LogP contribution in [0.15, 0.2) is 10.5 Å². The maximum atomic E-state index is 13.1. The molecule has 0 fully saturated rings. The van der Waals surface area contributed by atoms with E-state index in [-0.39, 0.29) is 10.0 Å². The normalized spacial score (nSPS) is 12.2. The molecule has 1 unspecified atom stereocenters. The van der Waals surface area contributed by atoms with E-state index in [1.807, 2.05) is 0 Å². The van der Waals surface area contributed by atoms with Crippen molar-refractivity contribution in [2.75, 3.05) is 7.11 Å². The van der Waals surface area contributed by atoms with Crippen LogP contribution in [0.2, 0.25) is 0 Å². The van der Waals surface area contributed by atoms with E-state index in [9.17, 15) is 19.4 Å². The quantitative estimate of drug-likeness (QED) is 0.785. The monoisotopic (exact) mass is 294 g/mol. The number of methoxy groups -OCH3 is 1. The minimum Gasteiger partial charge on any atom is -0.502 e. The number of benzene rings is 1. The molecule has 1 aromatic carbocycles. The predicted octanol–water partition coefficient (Wildman–Crippen LogP) is 1.42. The van der Waals surface area contributed by atoms with Crippen molar-refractivity contribution < 1.29 is 29.2 Å². The number of ether oxygens (including phenoxy) is 1. The summed E-state index contributed by atoms with van der Waals surface area (Å²) in [6.45, 7) is 0. The number of rotatable bonds is 3. The van der Waals surface area contributed by atoms with Crippen LogP contribution in [0, 0.1) is 5.82 Å². The zero-order valence-corrected chi connectivity index (χ0v) is 9.65. The average molecular weight is 295 g/mol. The number of halogens is 2. The molecule has 0 bridgehead atoms. The topological polar surface area (TPSA) is 87.0 Å². The first-order valence-corrected chi connectivity index (χ1v) is 4.85. The molecule has 88 valence electrons. The van der Waals surface area contributed by atoms with Gasteiger partial charge in [-0.05, 0) is 6.07 Å². The lowest BCUT2D eigenvalue weighted by molar-refractivity contribution is -0.147. The molecule has 0 aliphatic heterocycles. The lowest BCUT2D eigenvalue weighted by Crippen LogP contribution is -2.13. The molecule has 1 rings (SSSR count). The van der Waals surface area contributed by atoms with E-state index in [1.165, 1.54) is 0 Å². The summed E-state index contributed by atoms with van der Waals surface area (Å²) in [5.74, 6) is -3.78. The summed E-state index contributed by atoms with van der Waals surface area (Å²) in [7, 11) is 1.12. The van der Waals surface area contributed by atoms with Crippen LogP contribution >= 0.6 is 15.9 Å². The van der Waals surface area contributed by atoms with E-state index in [1.54, 1.807) is 0 Å². The molecule has 0 saturated heterocycles. The minimum absolute atomic E-state index is 0.00505. The van der Waals surface area contributed by atoms with Crippen molar-refractivity contribution in [3.8, 4) is 11.5 Å². The van der Waals surface area contributed by atoms with Crippen LogP contribution in [0.4, 0.5) is 4.39 Å². The maximum Gasteiger partial charge on any atom is 0.337 e. The Balaban J connectivity index is 3.48. The highest BCUT2D eigenvalue weighted by atomic mass is 79.9. The second kappa shape index (κ2) is 4.67. The minimum atomic E-state index is -1.92. The molecular formula is C9H8BrFO5. The van der Waals surface area contributed by atoms with Crippen molar-refractivity contribution in [2.45, 2.75) is 6.10 Å². The third-order valence-electron chi connectivity index (χ3n) is 1.91. The number of aliphatic hydroxyl groups excluding tert-OH is 1. The smallest absolute Gasteiger partial charge is 0.337 e. The molecule has 0 aliphatic rings. The summed E-state index contributed by atoms with van der Waals surface area (Å²) in [5, 5.41) is 27.3. The summed E-state index contributed by atoms with van der Waals surface area (Å²) in [4.78, 5) is 10.6. The van der Waals surface area contributed by atoms with Crippen molar-refractivity contribution in [3.05, 3.63) is 21.9 Å². The van der Waals surface area contributed by atoms with Gasteiger partial charge in [0.15, 0.2) is 23.4 Å². The molecule has 0 heterocycles. The summed E-state index contributed by atoms with van der Waals surface area (Å²) < 4.78 is 17.7. The third kappa shape index (κ3) is 2.10. The van der Waals surface area contributed by atoms with Gasteiger partial charge in [-0.25, -0.2) is 9.18 Å². The number of aliphatic hydroxyl groups is 1. The second-order valence-electron chi connectivity index (χ2n) is 2.88. The molecule has 0 amide bonds. The Morgan fingerprint density at radius 1 is 1.62 bits per heavy atom. The molecule has 0 aromatic heterocycles. The highest BCUT2D eigenvalue weighted by Crippen LogP contribution is 2.41. The van der Waals surface area contributed by atoms with Crippen LogP contribution in [0.25, 0.3) is 0 Å². The molecule has 5 nitrogen and oxygen atoms in total. The lowest BCUT2D eigenvalue weighted by atomic mass is 10.1. The molecule has 0 spiro atoms. The number of aliphatic carboxylic acids is 1. The first-order chi connectivity index (χ1) is 7.40. The standard InChI is InChI=1S/C9H8BrFO5/c1-16-8-5(7(13)9(14)15)3(10)2-4(11)6(8)12/h2,7,12-13H,1H3,(H,14,15). The fourth-order valence-electron chi connectivity index (χ4n) is 1.19. The number of aromatic hydroxyl groups is 1. The predicted molar refractivity (Wildman–Crippen MR) is 54.9 cm³/mol. The molecular weight excluding hydrogens is 287 g/mol. The summed E-state index contributed by atoms with van der Waals surface area (Å²) in [6.07, 6.45) is -1.92. The van der Waals surface area contributed by atoms with Crippen LogP contribution in [0.5, 0.6) is 11.5 Å². The van der Waals surface area contributed by atoms with Crippen molar-refractivity contribution in [2.24, 2.45) is 0 Å². The number of phenolic OH excluding ortho intramolecular Hbond substituents is 1. The number of hydrogen-bond donors (Lipinski definition) is 3. The lowest BCUT2D eigenvalue weighted by Gasteiger charge is -2.15. The zero-order chi connectivity index (χ0) is 12.5. The highest BCUT2D eigenvalue weighted by molar-refractivity contribution is 9.10. The van der Waals surface area contributed by atoms with E-state index >= 15 is 0 Å². The Kier molecular flexibility index (Phi) is 3.71. The van der Waals surface area contributed by atoms with E-state index in [2.05, 4.69) is 20.7 Å². The molecule has 3 N–H and O–H groups in total. The molecule has 0 saturated carbocycles. The van der Waals surface area contributed by atoms with Gasteiger partial charge in [0.25, 0.3) is 0 Å². The first kappa shape index (κ1) is 12.7. The van der Waals surface area contributed by atoms with Gasteiger partial charge < -0.3 is 20.1 Å². The van der Waals surface area contributed by atoms with Crippen LogP contribution in [-0.2, 0) is 4.79 Å². The van der Waals surface area contributed by atoms with Gasteiger partial charge in [0.1, 0.15) is 0 Å². The summed E-state index contributed by atoms with van der Waals surface area (Å²) >= 11 is 2.89. The molecule has 0 aliphatic carbocycles. The van der Waals surface area contributed by atoms with Gasteiger partial charge >= 0.3 is 5.97 Å². The van der Waals surface area contributed by atoms with E-state index in [0.717, 1.165) is 13.2 Å². The molecule has 16 heavy (non-hydrogen) atoms. The van der Waals surface area contributed by atoms with Gasteiger partial charge in [0.2, 0.25) is 0 Å². The zero-order valence-electron chi connectivity index (χ0n) is 8.07. The van der Waals surface area contributed by atoms with Crippen molar-refractivity contribution >= 4 is 21.9 Å². The molecule has 1 aromatic rings. The van der Waals surface area contributed by atoms with E-state index in [4.69, 9.17) is 5.11 Å². The number of carboxylic acid groups (broad SMARTS) is 1. The van der Waals surface area contributed by atoms with E-state index in [0.29, 0.717) is 0 Å². The molecule has 0 radical (unpaired) electrons. The molecule has 1 atom stereocenters. The van der Waals surface area contributed by atoms with Crippen molar-refractivity contribution in [1.29, 1.82) is 0 Å². The Bertz CT molecular complexity index is 434. The Morgan fingerprint density at radius 3 is 2.62 bits per heavy atom. The maximum absolute atomic E-state index is 13.1. The fraction of sp³-hybridized carbons (Fsp3) is 0.222. The van der Waals surface area contributed by atoms with Gasteiger partial charge in [-0.1, -0.05) is 15.9 Å². The van der Waals surface area contributed by atoms with Crippen LogP contribution in [0.1, 0.15) is 11.7 Å². The van der Waals surface area contributed by atoms with E-state index < -0.39 is 29.4 Å².